The summed E-state index contributed by atoms with van der Waals surface area (Å²) in [6.45, 7) is 0.0217. The number of aliphatic carboxylic acids is 1. The molecule has 7 nitrogen and oxygen atoms in total. The lowest BCUT2D eigenvalue weighted by Crippen LogP contribution is -2.47. The number of hydrogen-bond acceptors (Lipinski definition) is 4. The maximum absolute atomic E-state index is 12.6. The molecule has 126 valence electrons. The van der Waals surface area contributed by atoms with Crippen LogP contribution >= 0.6 is 0 Å². The van der Waals surface area contributed by atoms with Gasteiger partial charge in [0.25, 0.3) is 0 Å². The molecule has 0 bridgehead atoms. The normalized spacial score (nSPS) is 15.5. The van der Waals surface area contributed by atoms with Crippen LogP contribution in [0.3, 0.4) is 0 Å². The van der Waals surface area contributed by atoms with Crippen LogP contribution < -0.4 is 5.32 Å². The maximum atomic E-state index is 12.6. The average Bonchev–Trinajstić information content (AvgIpc) is 2.96. The van der Waals surface area contributed by atoms with Crippen LogP contribution in [0, 0.1) is 5.41 Å². The van der Waals surface area contributed by atoms with Gasteiger partial charge in [0.05, 0.1) is 18.2 Å². The Hall–Kier alpha value is -2.70. The van der Waals surface area contributed by atoms with Gasteiger partial charge in [0.2, 0.25) is 5.91 Å². The van der Waals surface area contributed by atoms with Gasteiger partial charge in [-0.05, 0) is 24.8 Å². The zero-order valence-electron chi connectivity index (χ0n) is 13.3. The molecule has 0 aliphatic heterocycles. The van der Waals surface area contributed by atoms with Crippen molar-refractivity contribution in [2.24, 2.45) is 5.41 Å². The largest absolute Gasteiger partial charge is 0.480 e. The molecule has 7 heteroatoms. The topological polar surface area (TPSA) is 97.1 Å². The average molecular weight is 328 g/mol. The number of carbonyl (C=O) groups excluding carboxylic acids is 1. The third-order valence-electron chi connectivity index (χ3n) is 4.49. The minimum Gasteiger partial charge on any atom is -0.480 e. The van der Waals surface area contributed by atoms with Crippen molar-refractivity contribution in [2.45, 2.75) is 38.8 Å². The van der Waals surface area contributed by atoms with Gasteiger partial charge in [0.1, 0.15) is 12.2 Å². The molecule has 1 aromatic carbocycles. The molecule has 24 heavy (non-hydrogen) atoms. The third-order valence-corrected chi connectivity index (χ3v) is 4.49. The molecule has 0 saturated heterocycles. The van der Waals surface area contributed by atoms with E-state index >= 15 is 0 Å². The van der Waals surface area contributed by atoms with E-state index in [-0.39, 0.29) is 24.4 Å². The van der Waals surface area contributed by atoms with Gasteiger partial charge in [-0.1, -0.05) is 42.0 Å². The van der Waals surface area contributed by atoms with Crippen molar-refractivity contribution in [2.75, 3.05) is 0 Å². The first-order valence-corrected chi connectivity index (χ1v) is 8.00. The molecule has 1 aromatic heterocycles. The highest BCUT2D eigenvalue weighted by Gasteiger charge is 2.43. The molecule has 0 spiro atoms. The predicted molar refractivity (Wildman–Crippen MR) is 85.9 cm³/mol. The summed E-state index contributed by atoms with van der Waals surface area (Å²) in [7, 11) is 0. The quantitative estimate of drug-likeness (QED) is 0.800. The summed E-state index contributed by atoms with van der Waals surface area (Å²) in [5.41, 5.74) is 1.39. The van der Waals surface area contributed by atoms with Crippen LogP contribution in [0.4, 0.5) is 0 Å². The standard InChI is InChI=1S/C17H20N4O3/c22-15(23)12-21-11-14(19-20-21)10-18-16(24)17(7-4-8-17)9-13-5-2-1-3-6-13/h1-3,5-6,11H,4,7-10,12H2,(H,18,24)(H,22,23). The van der Waals surface area contributed by atoms with E-state index in [1.165, 1.54) is 10.2 Å². The second-order valence-corrected chi connectivity index (χ2v) is 6.28. The van der Waals surface area contributed by atoms with E-state index in [2.05, 4.69) is 15.6 Å². The number of carbonyl (C=O) groups is 2. The molecule has 0 radical (unpaired) electrons. The zero-order chi connectivity index (χ0) is 17.0. The van der Waals surface area contributed by atoms with Crippen LogP contribution in [-0.4, -0.2) is 32.0 Å². The molecular formula is C17H20N4O3. The number of aromatic nitrogens is 3. The van der Waals surface area contributed by atoms with Crippen molar-refractivity contribution in [3.8, 4) is 0 Å². The van der Waals surface area contributed by atoms with Crippen molar-refractivity contribution in [3.63, 3.8) is 0 Å². The van der Waals surface area contributed by atoms with E-state index in [4.69, 9.17) is 5.11 Å². The van der Waals surface area contributed by atoms with Gasteiger partial charge in [-0.25, -0.2) is 4.68 Å². The smallest absolute Gasteiger partial charge is 0.325 e. The lowest BCUT2D eigenvalue weighted by Gasteiger charge is -2.40. The minimum atomic E-state index is -0.980. The Bertz CT molecular complexity index is 722. The fourth-order valence-corrected chi connectivity index (χ4v) is 3.07. The number of nitrogens with one attached hydrogen (secondary N) is 1. The van der Waals surface area contributed by atoms with E-state index in [9.17, 15) is 9.59 Å². The lowest BCUT2D eigenvalue weighted by atomic mass is 9.64. The highest BCUT2D eigenvalue weighted by Crippen LogP contribution is 2.44. The number of carboxylic acid groups (broad SMARTS) is 1. The molecular weight excluding hydrogens is 308 g/mol. The van der Waals surface area contributed by atoms with E-state index in [1.807, 2.05) is 30.3 Å². The Morgan fingerprint density at radius 2 is 2.00 bits per heavy atom. The zero-order valence-corrected chi connectivity index (χ0v) is 13.3. The molecule has 1 fully saturated rings. The Morgan fingerprint density at radius 1 is 1.25 bits per heavy atom. The van der Waals surface area contributed by atoms with Crippen LogP contribution in [0.25, 0.3) is 0 Å². The van der Waals surface area contributed by atoms with Crippen LogP contribution in [0.2, 0.25) is 0 Å². The molecule has 1 aliphatic rings. The number of nitrogens with zero attached hydrogens (tertiary/aromatic N) is 3. The predicted octanol–water partition coefficient (Wildman–Crippen LogP) is 1.39. The van der Waals surface area contributed by atoms with Crippen molar-refractivity contribution in [1.82, 2.24) is 20.3 Å². The van der Waals surface area contributed by atoms with Crippen molar-refractivity contribution >= 4 is 11.9 Å². The number of carboxylic acids is 1. The van der Waals surface area contributed by atoms with Gasteiger partial charge in [-0.2, -0.15) is 0 Å². The number of rotatable bonds is 7. The molecule has 1 heterocycles. The van der Waals surface area contributed by atoms with Gasteiger partial charge in [-0.3, -0.25) is 9.59 Å². The van der Waals surface area contributed by atoms with Gasteiger partial charge < -0.3 is 10.4 Å². The van der Waals surface area contributed by atoms with E-state index in [0.717, 1.165) is 25.7 Å². The Kier molecular flexibility index (Phi) is 4.59. The second kappa shape index (κ2) is 6.82. The number of hydrogen-bond donors (Lipinski definition) is 2. The maximum Gasteiger partial charge on any atom is 0.325 e. The van der Waals surface area contributed by atoms with E-state index in [1.54, 1.807) is 6.20 Å². The Morgan fingerprint density at radius 3 is 2.62 bits per heavy atom. The Balaban J connectivity index is 1.59. The van der Waals surface area contributed by atoms with Crippen LogP contribution in [0.5, 0.6) is 0 Å². The number of benzene rings is 1. The molecule has 1 saturated carbocycles. The van der Waals surface area contributed by atoms with Gasteiger partial charge in [-0.15, -0.1) is 5.10 Å². The molecule has 1 amide bonds. The summed E-state index contributed by atoms with van der Waals surface area (Å²) in [5, 5.41) is 19.3. The first-order valence-electron chi connectivity index (χ1n) is 8.00. The van der Waals surface area contributed by atoms with E-state index < -0.39 is 5.97 Å². The molecule has 0 atom stereocenters. The van der Waals surface area contributed by atoms with Crippen molar-refractivity contribution in [1.29, 1.82) is 0 Å². The fourth-order valence-electron chi connectivity index (χ4n) is 3.07. The summed E-state index contributed by atoms with van der Waals surface area (Å²) >= 11 is 0. The van der Waals surface area contributed by atoms with Crippen LogP contribution in [0.1, 0.15) is 30.5 Å². The second-order valence-electron chi connectivity index (χ2n) is 6.28. The first-order chi connectivity index (χ1) is 11.6. The minimum absolute atomic E-state index is 0.0328. The fraction of sp³-hybridized carbons (Fsp3) is 0.412. The molecule has 3 rings (SSSR count). The SMILES string of the molecule is O=C(O)Cn1cc(CNC(=O)C2(Cc3ccccc3)CCC2)nn1. The summed E-state index contributed by atoms with van der Waals surface area (Å²) in [6, 6.07) is 10.0. The summed E-state index contributed by atoms with van der Waals surface area (Å²) in [4.78, 5) is 23.3. The molecule has 2 N–H and O–H groups in total. The van der Waals surface area contributed by atoms with Gasteiger partial charge >= 0.3 is 5.97 Å². The summed E-state index contributed by atoms with van der Waals surface area (Å²) in [6.07, 6.45) is 5.12. The first kappa shape index (κ1) is 16.2. The van der Waals surface area contributed by atoms with Gasteiger partial charge in [0.15, 0.2) is 0 Å². The van der Waals surface area contributed by atoms with Crippen LogP contribution in [0.15, 0.2) is 36.5 Å². The van der Waals surface area contributed by atoms with Gasteiger partial charge in [0, 0.05) is 0 Å². The third kappa shape index (κ3) is 3.61. The highest BCUT2D eigenvalue weighted by molar-refractivity contribution is 5.83. The monoisotopic (exact) mass is 328 g/mol. The summed E-state index contributed by atoms with van der Waals surface area (Å²) in [5.74, 6) is -0.947. The molecule has 0 unspecified atom stereocenters. The van der Waals surface area contributed by atoms with Crippen molar-refractivity contribution in [3.05, 3.63) is 47.8 Å². The Labute approximate surface area is 139 Å². The summed E-state index contributed by atoms with van der Waals surface area (Å²) < 4.78 is 1.24. The number of amides is 1. The molecule has 2 aromatic rings. The van der Waals surface area contributed by atoms with E-state index in [0.29, 0.717) is 5.69 Å². The highest BCUT2D eigenvalue weighted by atomic mass is 16.4. The van der Waals surface area contributed by atoms with Crippen molar-refractivity contribution < 1.29 is 14.7 Å². The molecule has 1 aliphatic carbocycles. The lowest BCUT2D eigenvalue weighted by molar-refractivity contribution is -0.138. The van der Waals surface area contributed by atoms with Crippen LogP contribution in [-0.2, 0) is 29.1 Å².